The van der Waals surface area contributed by atoms with Crippen molar-refractivity contribution in [2.75, 3.05) is 19.0 Å². The summed E-state index contributed by atoms with van der Waals surface area (Å²) in [5.41, 5.74) is 0.416. The van der Waals surface area contributed by atoms with E-state index < -0.39 is 11.9 Å². The maximum atomic E-state index is 12.3. The van der Waals surface area contributed by atoms with Crippen LogP contribution in [0, 0.1) is 17.8 Å². The van der Waals surface area contributed by atoms with Gasteiger partial charge in [0.1, 0.15) is 11.5 Å². The first-order valence-electron chi connectivity index (χ1n) is 8.81. The van der Waals surface area contributed by atoms with E-state index in [1.807, 2.05) is 0 Å². The molecule has 0 saturated heterocycles. The van der Waals surface area contributed by atoms with Crippen LogP contribution in [-0.4, -0.2) is 31.4 Å². The molecule has 1 amide bonds. The molecule has 6 nitrogen and oxygen atoms in total. The second-order valence-electron chi connectivity index (χ2n) is 6.90. The summed E-state index contributed by atoms with van der Waals surface area (Å²) in [5, 5.41) is 3.08. The fourth-order valence-electron chi connectivity index (χ4n) is 3.89. The Morgan fingerprint density at radius 3 is 2.58 bits per heavy atom. The molecule has 0 heterocycles. The smallest absolute Gasteiger partial charge is 0.309 e. The molecular weight excluding hydrogens is 358 g/mol. The maximum Gasteiger partial charge on any atom is 0.309 e. The molecule has 2 aliphatic rings. The highest BCUT2D eigenvalue weighted by molar-refractivity contribution is 6.31. The molecular formula is C19H22ClNO5. The van der Waals surface area contributed by atoms with Gasteiger partial charge in [-0.1, -0.05) is 18.0 Å². The maximum absolute atomic E-state index is 12.3. The molecule has 0 spiro atoms. The molecule has 0 aliphatic heterocycles. The number of Topliss-reactive ketones (excluding diaryl/α,β-unsaturated/α-hetero) is 1. The van der Waals surface area contributed by atoms with E-state index in [1.54, 1.807) is 18.2 Å². The number of rotatable bonds is 5. The van der Waals surface area contributed by atoms with Crippen molar-refractivity contribution in [2.45, 2.75) is 32.1 Å². The largest absolute Gasteiger partial charge is 0.495 e. The second-order valence-corrected chi connectivity index (χ2v) is 7.33. The number of methoxy groups -OCH3 is 1. The summed E-state index contributed by atoms with van der Waals surface area (Å²) in [6.07, 6.45) is 3.84. The number of carbonyl (C=O) groups is 3. The zero-order chi connectivity index (χ0) is 18.7. The molecule has 1 aromatic rings. The van der Waals surface area contributed by atoms with Crippen LogP contribution in [-0.2, 0) is 19.1 Å². The molecule has 2 saturated carbocycles. The summed E-state index contributed by atoms with van der Waals surface area (Å²) in [4.78, 5) is 36.5. The van der Waals surface area contributed by atoms with Crippen molar-refractivity contribution in [3.8, 4) is 5.75 Å². The summed E-state index contributed by atoms with van der Waals surface area (Å²) < 4.78 is 10.3. The molecule has 1 unspecified atom stereocenters. The number of halogens is 1. The lowest BCUT2D eigenvalue weighted by Crippen LogP contribution is -2.40. The number of amides is 1. The average molecular weight is 380 g/mol. The summed E-state index contributed by atoms with van der Waals surface area (Å²) in [6, 6.07) is 4.85. The van der Waals surface area contributed by atoms with Gasteiger partial charge < -0.3 is 14.8 Å². The van der Waals surface area contributed by atoms with Gasteiger partial charge in [-0.3, -0.25) is 14.4 Å². The van der Waals surface area contributed by atoms with Crippen molar-refractivity contribution in [3.63, 3.8) is 0 Å². The number of carbonyl (C=O) groups excluding carboxylic acids is 3. The predicted molar refractivity (Wildman–Crippen MR) is 96.2 cm³/mol. The Bertz CT molecular complexity index is 704. The third-order valence-electron chi connectivity index (χ3n) is 5.16. The molecule has 7 heteroatoms. The van der Waals surface area contributed by atoms with Crippen LogP contribution in [0.5, 0.6) is 5.75 Å². The van der Waals surface area contributed by atoms with Crippen molar-refractivity contribution in [2.24, 2.45) is 17.8 Å². The Morgan fingerprint density at radius 1 is 1.23 bits per heavy atom. The summed E-state index contributed by atoms with van der Waals surface area (Å²) >= 11 is 5.92. The number of ketones is 1. The van der Waals surface area contributed by atoms with Crippen LogP contribution in [0.1, 0.15) is 32.1 Å². The average Bonchev–Trinajstić information content (AvgIpc) is 2.59. The first kappa shape index (κ1) is 18.7. The van der Waals surface area contributed by atoms with Gasteiger partial charge in [0.2, 0.25) is 0 Å². The summed E-state index contributed by atoms with van der Waals surface area (Å²) in [5.74, 6) is -0.446. The van der Waals surface area contributed by atoms with Gasteiger partial charge in [0.15, 0.2) is 6.61 Å². The minimum absolute atomic E-state index is 0.0235. The Labute approximate surface area is 157 Å². The van der Waals surface area contributed by atoms with E-state index in [-0.39, 0.29) is 24.4 Å². The molecule has 3 atom stereocenters. The van der Waals surface area contributed by atoms with Gasteiger partial charge in [0.05, 0.1) is 18.7 Å². The van der Waals surface area contributed by atoms with Crippen LogP contribution in [0.15, 0.2) is 18.2 Å². The van der Waals surface area contributed by atoms with Gasteiger partial charge in [-0.2, -0.15) is 0 Å². The SMILES string of the molecule is COc1ccc(Cl)cc1NC(=O)COC(=O)C1C[C@H]2CCC[C@@H](C1)C2=O. The third kappa shape index (κ3) is 4.18. The van der Waals surface area contributed by atoms with Crippen LogP contribution < -0.4 is 10.1 Å². The zero-order valence-corrected chi connectivity index (χ0v) is 15.4. The lowest BCUT2D eigenvalue weighted by Gasteiger charge is -2.36. The summed E-state index contributed by atoms with van der Waals surface area (Å²) in [6.45, 7) is -0.381. The molecule has 1 N–H and O–H groups in total. The van der Waals surface area contributed by atoms with Gasteiger partial charge in [-0.25, -0.2) is 0 Å². The number of hydrogen-bond donors (Lipinski definition) is 1. The number of fused-ring (bicyclic) bond motifs is 2. The number of benzene rings is 1. The highest BCUT2D eigenvalue weighted by atomic mass is 35.5. The van der Waals surface area contributed by atoms with Crippen molar-refractivity contribution in [1.82, 2.24) is 0 Å². The van der Waals surface area contributed by atoms with E-state index in [0.717, 1.165) is 19.3 Å². The topological polar surface area (TPSA) is 81.7 Å². The minimum Gasteiger partial charge on any atom is -0.495 e. The third-order valence-corrected chi connectivity index (χ3v) is 5.40. The highest BCUT2D eigenvalue weighted by Gasteiger charge is 2.41. The molecule has 26 heavy (non-hydrogen) atoms. The normalized spacial score (nSPS) is 24.7. The van der Waals surface area contributed by atoms with Gasteiger partial charge >= 0.3 is 5.97 Å². The van der Waals surface area contributed by atoms with Gasteiger partial charge in [0.25, 0.3) is 5.91 Å². The van der Waals surface area contributed by atoms with E-state index in [4.69, 9.17) is 21.1 Å². The van der Waals surface area contributed by atoms with Gasteiger partial charge in [-0.15, -0.1) is 0 Å². The van der Waals surface area contributed by atoms with Crippen molar-refractivity contribution in [3.05, 3.63) is 23.2 Å². The molecule has 3 rings (SSSR count). The number of nitrogens with one attached hydrogen (secondary N) is 1. The zero-order valence-electron chi connectivity index (χ0n) is 14.6. The molecule has 2 fully saturated rings. The summed E-state index contributed by atoms with van der Waals surface area (Å²) in [7, 11) is 1.49. The van der Waals surface area contributed by atoms with E-state index >= 15 is 0 Å². The first-order valence-corrected chi connectivity index (χ1v) is 9.19. The standard InChI is InChI=1S/C19H22ClNO5/c1-25-16-6-5-14(20)9-15(16)21-17(22)10-26-19(24)13-7-11-3-2-4-12(8-13)18(11)23/h5-6,9,11-13H,2-4,7-8,10H2,1H3,(H,21,22)/t11-,12+,13?. The Kier molecular flexibility index (Phi) is 5.81. The van der Waals surface area contributed by atoms with E-state index in [0.29, 0.717) is 35.1 Å². The monoisotopic (exact) mass is 379 g/mol. The molecule has 0 aromatic heterocycles. The van der Waals surface area contributed by atoms with Crippen molar-refractivity contribution in [1.29, 1.82) is 0 Å². The first-order chi connectivity index (χ1) is 12.5. The van der Waals surface area contributed by atoms with Gasteiger partial charge in [0, 0.05) is 16.9 Å². The molecule has 2 bridgehead atoms. The quantitative estimate of drug-likeness (QED) is 0.794. The Morgan fingerprint density at radius 2 is 1.92 bits per heavy atom. The second kappa shape index (κ2) is 8.08. The van der Waals surface area contributed by atoms with E-state index in [1.165, 1.54) is 7.11 Å². The number of ether oxygens (including phenoxy) is 2. The lowest BCUT2D eigenvalue weighted by atomic mass is 9.67. The van der Waals surface area contributed by atoms with Crippen LogP contribution in [0.2, 0.25) is 5.02 Å². The van der Waals surface area contributed by atoms with Crippen LogP contribution in [0.25, 0.3) is 0 Å². The predicted octanol–water partition coefficient (Wildman–Crippen LogP) is 3.23. The molecule has 2 aliphatic carbocycles. The molecule has 0 radical (unpaired) electrons. The van der Waals surface area contributed by atoms with Crippen molar-refractivity contribution >= 4 is 34.9 Å². The van der Waals surface area contributed by atoms with Crippen molar-refractivity contribution < 1.29 is 23.9 Å². The fourth-order valence-corrected chi connectivity index (χ4v) is 4.06. The van der Waals surface area contributed by atoms with E-state index in [2.05, 4.69) is 5.32 Å². The molecule has 140 valence electrons. The fraction of sp³-hybridized carbons (Fsp3) is 0.526. The number of anilines is 1. The van der Waals surface area contributed by atoms with Crippen LogP contribution in [0.3, 0.4) is 0 Å². The lowest BCUT2D eigenvalue weighted by molar-refractivity contribution is -0.155. The minimum atomic E-state index is -0.467. The van der Waals surface area contributed by atoms with Crippen LogP contribution in [0.4, 0.5) is 5.69 Å². The number of esters is 1. The van der Waals surface area contributed by atoms with Crippen LogP contribution >= 0.6 is 11.6 Å². The van der Waals surface area contributed by atoms with E-state index in [9.17, 15) is 14.4 Å². The highest BCUT2D eigenvalue weighted by Crippen LogP contribution is 2.40. The Hall–Kier alpha value is -2.08. The van der Waals surface area contributed by atoms with Gasteiger partial charge in [-0.05, 0) is 43.9 Å². The Balaban J connectivity index is 1.52. The number of hydrogen-bond acceptors (Lipinski definition) is 5. The molecule has 1 aromatic carbocycles.